The molecule has 1 aliphatic rings. The zero-order chi connectivity index (χ0) is 27.4. The van der Waals surface area contributed by atoms with Crippen LogP contribution in [0, 0.1) is 0 Å². The zero-order valence-corrected chi connectivity index (χ0v) is 23.8. The summed E-state index contributed by atoms with van der Waals surface area (Å²) in [7, 11) is -3.62. The molecule has 0 fully saturated rings. The number of carbonyl (C=O) groups is 3. The van der Waals surface area contributed by atoms with Gasteiger partial charge < -0.3 is 14.4 Å². The molecule has 0 aromatic carbocycles. The highest BCUT2D eigenvalue weighted by Crippen LogP contribution is 2.55. The summed E-state index contributed by atoms with van der Waals surface area (Å²) in [4.78, 5) is 35.9. The van der Waals surface area contributed by atoms with E-state index >= 15 is 0 Å². The van der Waals surface area contributed by atoms with E-state index in [-0.39, 0.29) is 43.9 Å². The maximum Gasteiger partial charge on any atom is 0.364 e. The van der Waals surface area contributed by atoms with Crippen molar-refractivity contribution in [2.24, 2.45) is 0 Å². The fourth-order valence-electron chi connectivity index (χ4n) is 4.31. The van der Waals surface area contributed by atoms with Crippen LogP contribution in [0.1, 0.15) is 110 Å². The Morgan fingerprint density at radius 3 is 1.73 bits per heavy atom. The van der Waals surface area contributed by atoms with Gasteiger partial charge in [-0.3, -0.25) is 23.8 Å². The summed E-state index contributed by atoms with van der Waals surface area (Å²) in [6, 6.07) is 0. The SMILES string of the molecule is CCOP(=O)(OCC)C(F)CCCCCCCCCCCCCCCC(=O)NCCN1C(=O)C=CC1=O. The highest BCUT2D eigenvalue weighted by molar-refractivity contribution is 7.54. The van der Waals surface area contributed by atoms with Crippen molar-refractivity contribution in [1.82, 2.24) is 10.2 Å². The highest BCUT2D eigenvalue weighted by atomic mass is 31.2. The number of nitrogens with zero attached hydrogens (tertiary/aromatic N) is 1. The molecule has 8 nitrogen and oxygen atoms in total. The smallest absolute Gasteiger partial charge is 0.354 e. The number of halogens is 1. The largest absolute Gasteiger partial charge is 0.364 e. The number of carbonyl (C=O) groups excluding carboxylic acids is 3. The van der Waals surface area contributed by atoms with Crippen molar-refractivity contribution in [3.8, 4) is 0 Å². The monoisotopic (exact) mass is 546 g/mol. The first-order valence-corrected chi connectivity index (χ1v) is 15.8. The van der Waals surface area contributed by atoms with E-state index in [1.807, 2.05) is 0 Å². The molecule has 214 valence electrons. The number of unbranched alkanes of at least 4 members (excludes halogenated alkanes) is 12. The predicted molar refractivity (Wildman–Crippen MR) is 144 cm³/mol. The van der Waals surface area contributed by atoms with Gasteiger partial charge in [-0.1, -0.05) is 70.6 Å². The molecule has 1 heterocycles. The Morgan fingerprint density at radius 2 is 1.27 bits per heavy atom. The summed E-state index contributed by atoms with van der Waals surface area (Å²) in [5.41, 5.74) is 0. The molecule has 0 radical (unpaired) electrons. The van der Waals surface area contributed by atoms with Crippen LogP contribution in [-0.4, -0.2) is 54.8 Å². The van der Waals surface area contributed by atoms with Crippen molar-refractivity contribution in [2.75, 3.05) is 26.3 Å². The van der Waals surface area contributed by atoms with Crippen molar-refractivity contribution < 1.29 is 32.4 Å². The molecule has 0 spiro atoms. The van der Waals surface area contributed by atoms with Crippen molar-refractivity contribution in [2.45, 2.75) is 116 Å². The maximum absolute atomic E-state index is 14.3. The lowest BCUT2D eigenvalue weighted by atomic mass is 10.0. The number of nitrogens with one attached hydrogen (secondary N) is 1. The molecule has 1 atom stereocenters. The molecule has 1 unspecified atom stereocenters. The highest BCUT2D eigenvalue weighted by Gasteiger charge is 2.35. The Morgan fingerprint density at radius 1 is 0.838 bits per heavy atom. The Labute approximate surface area is 222 Å². The first-order valence-electron chi connectivity index (χ1n) is 14.2. The van der Waals surface area contributed by atoms with Crippen LogP contribution in [0.25, 0.3) is 0 Å². The molecule has 10 heteroatoms. The topological polar surface area (TPSA) is 102 Å². The van der Waals surface area contributed by atoms with E-state index in [0.717, 1.165) is 43.4 Å². The quantitative estimate of drug-likeness (QED) is 0.0849. The van der Waals surface area contributed by atoms with Gasteiger partial charge in [0.1, 0.15) is 0 Å². The lowest BCUT2D eigenvalue weighted by Gasteiger charge is -2.20. The van der Waals surface area contributed by atoms with Crippen molar-refractivity contribution in [3.63, 3.8) is 0 Å². The number of alkyl halides is 1. The molecule has 0 aliphatic carbocycles. The van der Waals surface area contributed by atoms with Crippen LogP contribution in [0.15, 0.2) is 12.2 Å². The average molecular weight is 547 g/mol. The van der Waals surface area contributed by atoms with Gasteiger partial charge in [-0.25, -0.2) is 4.39 Å². The van der Waals surface area contributed by atoms with Crippen LogP contribution in [0.2, 0.25) is 0 Å². The Balaban J connectivity index is 1.85. The van der Waals surface area contributed by atoms with Gasteiger partial charge in [0.05, 0.1) is 13.2 Å². The third-order valence-electron chi connectivity index (χ3n) is 6.37. The van der Waals surface area contributed by atoms with Crippen molar-refractivity contribution in [3.05, 3.63) is 12.2 Å². The van der Waals surface area contributed by atoms with E-state index in [2.05, 4.69) is 5.32 Å². The number of amides is 3. The van der Waals surface area contributed by atoms with Gasteiger partial charge >= 0.3 is 7.60 Å². The van der Waals surface area contributed by atoms with Gasteiger partial charge in [0.2, 0.25) is 11.8 Å². The predicted octanol–water partition coefficient (Wildman–Crippen LogP) is 6.44. The second kappa shape index (κ2) is 20.4. The van der Waals surface area contributed by atoms with E-state index in [0.29, 0.717) is 19.4 Å². The molecule has 1 aliphatic heterocycles. The van der Waals surface area contributed by atoms with Gasteiger partial charge in [0, 0.05) is 31.7 Å². The fraction of sp³-hybridized carbons (Fsp3) is 0.815. The van der Waals surface area contributed by atoms with E-state index in [1.54, 1.807) is 13.8 Å². The summed E-state index contributed by atoms with van der Waals surface area (Å²) in [5, 5.41) is 2.77. The van der Waals surface area contributed by atoms with Crippen LogP contribution in [-0.2, 0) is 28.0 Å². The van der Waals surface area contributed by atoms with E-state index < -0.39 is 13.5 Å². The molecular weight excluding hydrogens is 498 g/mol. The molecule has 37 heavy (non-hydrogen) atoms. The van der Waals surface area contributed by atoms with Crippen molar-refractivity contribution in [1.29, 1.82) is 0 Å². The normalized spacial score (nSPS) is 14.5. The van der Waals surface area contributed by atoms with Gasteiger partial charge in [0.25, 0.3) is 11.8 Å². The Kier molecular flexibility index (Phi) is 18.4. The zero-order valence-electron chi connectivity index (χ0n) is 22.9. The third kappa shape index (κ3) is 14.8. The molecule has 1 rings (SSSR count). The van der Waals surface area contributed by atoms with Crippen LogP contribution >= 0.6 is 7.60 Å². The van der Waals surface area contributed by atoms with Crippen LogP contribution in [0.3, 0.4) is 0 Å². The van der Waals surface area contributed by atoms with Crippen LogP contribution in [0.5, 0.6) is 0 Å². The number of rotatable bonds is 24. The second-order valence-electron chi connectivity index (χ2n) is 9.46. The van der Waals surface area contributed by atoms with Crippen LogP contribution in [0.4, 0.5) is 4.39 Å². The Hall–Kier alpha value is -1.57. The molecule has 0 aromatic rings. The fourth-order valence-corrected chi connectivity index (χ4v) is 5.92. The second-order valence-corrected chi connectivity index (χ2v) is 11.6. The van der Waals surface area contributed by atoms with Crippen LogP contribution < -0.4 is 5.32 Å². The maximum atomic E-state index is 14.3. The van der Waals surface area contributed by atoms with Crippen molar-refractivity contribution >= 4 is 25.3 Å². The molecule has 0 aromatic heterocycles. The van der Waals surface area contributed by atoms with E-state index in [1.165, 1.54) is 50.7 Å². The minimum atomic E-state index is -3.62. The number of hydrogen-bond acceptors (Lipinski definition) is 6. The third-order valence-corrected chi connectivity index (χ3v) is 8.55. The summed E-state index contributed by atoms with van der Waals surface area (Å²) >= 11 is 0. The first kappa shape index (κ1) is 33.5. The first-order chi connectivity index (χ1) is 17.8. The summed E-state index contributed by atoms with van der Waals surface area (Å²) in [6.07, 6.45) is 17.3. The molecule has 3 amide bonds. The standard InChI is InChI=1S/C27H48FN2O6P/c1-3-35-37(34,36-4-2)24(28)18-16-14-12-10-8-6-5-7-9-11-13-15-17-19-25(31)29-22-23-30-26(32)20-21-27(30)33/h20-21,24H,3-19,22-23H2,1-2H3,(H,29,31). The van der Waals surface area contributed by atoms with Gasteiger partial charge in [0.15, 0.2) is 0 Å². The lowest BCUT2D eigenvalue weighted by Crippen LogP contribution is -2.38. The van der Waals surface area contributed by atoms with Gasteiger partial charge in [-0.15, -0.1) is 0 Å². The number of imide groups is 1. The van der Waals surface area contributed by atoms with E-state index in [9.17, 15) is 23.3 Å². The van der Waals surface area contributed by atoms with Gasteiger partial charge in [-0.2, -0.15) is 0 Å². The average Bonchev–Trinajstić information content (AvgIpc) is 3.18. The molecule has 0 bridgehead atoms. The minimum Gasteiger partial charge on any atom is -0.354 e. The summed E-state index contributed by atoms with van der Waals surface area (Å²) in [6.45, 7) is 4.26. The molecule has 0 saturated carbocycles. The lowest BCUT2D eigenvalue weighted by molar-refractivity contribution is -0.137. The molecule has 0 saturated heterocycles. The minimum absolute atomic E-state index is 0.0346. The van der Waals surface area contributed by atoms with E-state index in [4.69, 9.17) is 9.05 Å². The number of hydrogen-bond donors (Lipinski definition) is 1. The molecule has 1 N–H and O–H groups in total. The molecular formula is C27H48FN2O6P. The van der Waals surface area contributed by atoms with Gasteiger partial charge in [-0.05, 0) is 33.1 Å². The summed E-state index contributed by atoms with van der Waals surface area (Å²) in [5.74, 6) is -2.22. The summed E-state index contributed by atoms with van der Waals surface area (Å²) < 4.78 is 36.7. The Bertz CT molecular complexity index is 720.